The largest absolute Gasteiger partial charge is 0.494 e. The molecule has 0 radical (unpaired) electrons. The molecule has 2 aliphatic rings. The highest BCUT2D eigenvalue weighted by atomic mass is 32.2. The summed E-state index contributed by atoms with van der Waals surface area (Å²) in [4.78, 5) is 31.4. The third-order valence-electron chi connectivity index (χ3n) is 4.82. The Morgan fingerprint density at radius 2 is 1.96 bits per heavy atom. The Morgan fingerprint density at radius 3 is 2.57 bits per heavy atom. The number of hydrogen-bond acceptors (Lipinski definition) is 6. The van der Waals surface area contributed by atoms with E-state index < -0.39 is 12.0 Å². The first-order valence-corrected chi connectivity index (χ1v) is 10.3. The van der Waals surface area contributed by atoms with Crippen molar-refractivity contribution in [2.75, 3.05) is 13.7 Å². The Labute approximate surface area is 170 Å². The number of allylic oxidation sites excluding steroid dienone is 1. The van der Waals surface area contributed by atoms with Crippen LogP contribution in [0, 0.1) is 5.92 Å². The molecule has 0 bridgehead atoms. The minimum Gasteiger partial charge on any atom is -0.494 e. The van der Waals surface area contributed by atoms with E-state index in [0.29, 0.717) is 29.0 Å². The third kappa shape index (κ3) is 3.94. The van der Waals surface area contributed by atoms with Crippen LogP contribution >= 0.6 is 11.8 Å². The van der Waals surface area contributed by atoms with Gasteiger partial charge in [0, 0.05) is 0 Å². The van der Waals surface area contributed by atoms with Crippen molar-refractivity contribution >= 4 is 28.8 Å². The number of carbonyl (C=O) groups excluding carboxylic acids is 2. The zero-order valence-corrected chi connectivity index (χ0v) is 17.7. The predicted octanol–water partition coefficient (Wildman–Crippen LogP) is 3.93. The second-order valence-electron chi connectivity index (χ2n) is 7.36. The molecule has 3 rings (SSSR count). The Balaban J connectivity index is 1.93. The molecule has 0 saturated carbocycles. The third-order valence-corrected chi connectivity index (χ3v) is 5.88. The molecule has 150 valence electrons. The maximum atomic E-state index is 12.8. The molecule has 0 aliphatic carbocycles. The van der Waals surface area contributed by atoms with Crippen molar-refractivity contribution in [2.24, 2.45) is 10.9 Å². The van der Waals surface area contributed by atoms with E-state index in [1.54, 1.807) is 11.8 Å². The maximum Gasteiger partial charge on any atom is 0.338 e. The summed E-state index contributed by atoms with van der Waals surface area (Å²) in [6.45, 7) is 8.60. The van der Waals surface area contributed by atoms with Crippen molar-refractivity contribution in [3.05, 3.63) is 41.1 Å². The molecule has 0 aromatic heterocycles. The number of amidine groups is 1. The van der Waals surface area contributed by atoms with Crippen LogP contribution in [0.1, 0.15) is 45.7 Å². The highest BCUT2D eigenvalue weighted by molar-refractivity contribution is 8.15. The van der Waals surface area contributed by atoms with Gasteiger partial charge in [-0.1, -0.05) is 37.7 Å². The van der Waals surface area contributed by atoms with Crippen molar-refractivity contribution in [3.63, 3.8) is 0 Å². The van der Waals surface area contributed by atoms with Crippen molar-refractivity contribution in [1.82, 2.24) is 4.90 Å². The van der Waals surface area contributed by atoms with Gasteiger partial charge in [0.2, 0.25) is 5.91 Å². The van der Waals surface area contributed by atoms with E-state index in [9.17, 15) is 9.59 Å². The van der Waals surface area contributed by atoms with Gasteiger partial charge in [0.15, 0.2) is 5.17 Å². The van der Waals surface area contributed by atoms with Crippen LogP contribution in [0.3, 0.4) is 0 Å². The number of nitrogens with zero attached hydrogens (tertiary/aromatic N) is 2. The fourth-order valence-corrected chi connectivity index (χ4v) is 4.28. The van der Waals surface area contributed by atoms with Crippen molar-refractivity contribution in [1.29, 1.82) is 0 Å². The Kier molecular flexibility index (Phi) is 6.13. The van der Waals surface area contributed by atoms with Gasteiger partial charge in [-0.15, -0.1) is 0 Å². The lowest BCUT2D eigenvalue weighted by molar-refractivity contribution is -0.137. The number of esters is 1. The molecule has 28 heavy (non-hydrogen) atoms. The van der Waals surface area contributed by atoms with E-state index in [4.69, 9.17) is 9.47 Å². The number of hydrogen-bond donors (Lipinski definition) is 0. The molecule has 1 aromatic rings. The average molecular weight is 403 g/mol. The van der Waals surface area contributed by atoms with Crippen molar-refractivity contribution in [2.45, 2.75) is 45.4 Å². The van der Waals surface area contributed by atoms with Crippen LogP contribution in [0.15, 0.2) is 40.5 Å². The Bertz CT molecular complexity index is 829. The van der Waals surface area contributed by atoms with E-state index in [-0.39, 0.29) is 11.2 Å². The van der Waals surface area contributed by atoms with Gasteiger partial charge in [0.05, 0.1) is 36.3 Å². The number of carbonyl (C=O) groups is 2. The summed E-state index contributed by atoms with van der Waals surface area (Å²) in [5, 5.41) is 0.398. The molecule has 1 saturated heterocycles. The molecule has 1 amide bonds. The molecule has 1 fully saturated rings. The summed E-state index contributed by atoms with van der Waals surface area (Å²) < 4.78 is 10.8. The zero-order valence-electron chi connectivity index (χ0n) is 16.9. The summed E-state index contributed by atoms with van der Waals surface area (Å²) >= 11 is 1.41. The van der Waals surface area contributed by atoms with Crippen LogP contribution in [0.2, 0.25) is 0 Å². The minimum absolute atomic E-state index is 0.0556. The fourth-order valence-electron chi connectivity index (χ4n) is 3.25. The van der Waals surface area contributed by atoms with Crippen LogP contribution in [0.5, 0.6) is 5.75 Å². The quantitative estimate of drug-likeness (QED) is 0.675. The summed E-state index contributed by atoms with van der Waals surface area (Å²) in [6, 6.07) is 7.00. The maximum absolute atomic E-state index is 12.8. The van der Waals surface area contributed by atoms with E-state index in [2.05, 4.69) is 18.8 Å². The predicted molar refractivity (Wildman–Crippen MR) is 110 cm³/mol. The number of rotatable bonds is 6. The molecular weight excluding hydrogens is 376 g/mol. The first-order chi connectivity index (χ1) is 13.3. The first-order valence-electron chi connectivity index (χ1n) is 9.43. The Hall–Kier alpha value is -2.28. The number of amides is 1. The summed E-state index contributed by atoms with van der Waals surface area (Å²) in [6.07, 6.45) is 0.982. The van der Waals surface area contributed by atoms with Gasteiger partial charge in [-0.2, -0.15) is 0 Å². The second-order valence-corrected chi connectivity index (χ2v) is 8.66. The molecular formula is C21H26N2O4S. The monoisotopic (exact) mass is 402 g/mol. The number of aliphatic imine (C=N–C) groups is 1. The minimum atomic E-state index is -0.547. The smallest absolute Gasteiger partial charge is 0.338 e. The molecule has 2 aliphatic heterocycles. The summed E-state index contributed by atoms with van der Waals surface area (Å²) in [7, 11) is 1.34. The number of ether oxygens (including phenoxy) is 2. The molecule has 2 atom stereocenters. The highest BCUT2D eigenvalue weighted by Gasteiger charge is 2.46. The van der Waals surface area contributed by atoms with Crippen molar-refractivity contribution < 1.29 is 19.1 Å². The molecule has 1 aromatic carbocycles. The molecule has 2 unspecified atom stereocenters. The van der Waals surface area contributed by atoms with Crippen LogP contribution in [0.4, 0.5) is 0 Å². The van der Waals surface area contributed by atoms with Gasteiger partial charge in [-0.25, -0.2) is 9.79 Å². The lowest BCUT2D eigenvalue weighted by Gasteiger charge is -2.32. The summed E-state index contributed by atoms with van der Waals surface area (Å²) in [5.41, 5.74) is 1.80. The first kappa shape index (κ1) is 20.5. The second kappa shape index (κ2) is 8.39. The number of benzene rings is 1. The zero-order chi connectivity index (χ0) is 20.4. The van der Waals surface area contributed by atoms with Gasteiger partial charge in [-0.05, 0) is 43.9 Å². The van der Waals surface area contributed by atoms with Gasteiger partial charge < -0.3 is 9.47 Å². The molecule has 6 nitrogen and oxygen atoms in total. The van der Waals surface area contributed by atoms with Crippen LogP contribution in [0.25, 0.3) is 0 Å². The standard InChI is InChI=1S/C21H26N2O4S/c1-12(2)10-11-27-16-8-6-15(7-9-16)18-17(20(25)26-5)13(3)22-21-23(18)19(24)14(4)28-21/h6-9,12,14,18H,10-11H2,1-5H3. The normalized spacial score (nSPS) is 21.7. The molecule has 7 heteroatoms. The van der Waals surface area contributed by atoms with E-state index in [0.717, 1.165) is 17.7 Å². The van der Waals surface area contributed by atoms with E-state index in [1.807, 2.05) is 31.2 Å². The number of thioether (sulfide) groups is 1. The van der Waals surface area contributed by atoms with Crippen LogP contribution in [-0.2, 0) is 14.3 Å². The van der Waals surface area contributed by atoms with Gasteiger partial charge in [-0.3, -0.25) is 9.69 Å². The molecule has 2 heterocycles. The SMILES string of the molecule is COC(=O)C1=C(C)N=C2SC(C)C(=O)N2C1c1ccc(OCCC(C)C)cc1. The molecule has 0 spiro atoms. The number of fused-ring (bicyclic) bond motifs is 1. The number of methoxy groups -OCH3 is 1. The average Bonchev–Trinajstić information content (AvgIpc) is 2.94. The van der Waals surface area contributed by atoms with Crippen LogP contribution in [-0.4, -0.2) is 40.9 Å². The van der Waals surface area contributed by atoms with Crippen LogP contribution < -0.4 is 4.74 Å². The van der Waals surface area contributed by atoms with Gasteiger partial charge >= 0.3 is 5.97 Å². The Morgan fingerprint density at radius 1 is 1.29 bits per heavy atom. The topological polar surface area (TPSA) is 68.2 Å². The van der Waals surface area contributed by atoms with E-state index in [1.165, 1.54) is 18.9 Å². The highest BCUT2D eigenvalue weighted by Crippen LogP contribution is 2.43. The lowest BCUT2D eigenvalue weighted by atomic mass is 9.94. The molecule has 0 N–H and O–H groups in total. The summed E-state index contributed by atoms with van der Waals surface area (Å²) in [5.74, 6) is 0.820. The van der Waals surface area contributed by atoms with Crippen molar-refractivity contribution in [3.8, 4) is 5.75 Å². The van der Waals surface area contributed by atoms with E-state index >= 15 is 0 Å². The lowest BCUT2D eigenvalue weighted by Crippen LogP contribution is -2.40. The van der Waals surface area contributed by atoms with Gasteiger partial charge in [0.25, 0.3) is 0 Å². The van der Waals surface area contributed by atoms with Gasteiger partial charge in [0.1, 0.15) is 5.75 Å². The fraction of sp³-hybridized carbons (Fsp3) is 0.476.